The molecule has 72 heavy (non-hydrogen) atoms. The van der Waals surface area contributed by atoms with Gasteiger partial charge in [0.25, 0.3) is 0 Å². The second kappa shape index (κ2) is 21.4. The molecule has 0 N–H and O–H groups in total. The number of carbonyl (C=O) groups excluding carboxylic acids is 4. The number of carbonyl (C=O) groups is 4. The van der Waals surface area contributed by atoms with E-state index in [9.17, 15) is 19.2 Å². The van der Waals surface area contributed by atoms with Crippen molar-refractivity contribution in [3.8, 4) is 44.5 Å². The quantitative estimate of drug-likeness (QED) is 0.0733. The van der Waals surface area contributed by atoms with E-state index in [0.717, 1.165) is 55.3 Å². The molecule has 9 aromatic rings. The van der Waals surface area contributed by atoms with Crippen LogP contribution in [0, 0.1) is 6.92 Å². The maximum atomic E-state index is 13.9. The maximum Gasteiger partial charge on any atom is 0.338 e. The highest BCUT2D eigenvalue weighted by atomic mass is 16.5. The Morgan fingerprint density at radius 1 is 0.347 bits per heavy atom. The Morgan fingerprint density at radius 3 is 1.01 bits per heavy atom. The van der Waals surface area contributed by atoms with E-state index in [0.29, 0.717) is 55.6 Å². The average molecular weight is 952 g/mol. The van der Waals surface area contributed by atoms with Gasteiger partial charge in [-0.2, -0.15) is 0 Å². The van der Waals surface area contributed by atoms with E-state index in [1.807, 2.05) is 165 Å². The van der Waals surface area contributed by atoms with Gasteiger partial charge in [0.2, 0.25) is 0 Å². The highest BCUT2D eigenvalue weighted by molar-refractivity contribution is 6.10. The highest BCUT2D eigenvalue weighted by Crippen LogP contribution is 2.42. The smallest absolute Gasteiger partial charge is 0.338 e. The van der Waals surface area contributed by atoms with E-state index in [4.69, 9.17) is 18.9 Å². The van der Waals surface area contributed by atoms with Gasteiger partial charge in [0, 0.05) is 17.1 Å². The number of esters is 4. The van der Waals surface area contributed by atoms with Crippen molar-refractivity contribution < 1.29 is 38.1 Å². The zero-order chi connectivity index (χ0) is 50.3. The van der Waals surface area contributed by atoms with Crippen molar-refractivity contribution in [2.45, 2.75) is 34.6 Å². The number of nitrogens with zero attached hydrogens (tertiary/aromatic N) is 1. The summed E-state index contributed by atoms with van der Waals surface area (Å²) in [6, 6.07) is 58.3. The van der Waals surface area contributed by atoms with Crippen molar-refractivity contribution in [1.82, 2.24) is 0 Å². The number of rotatable bonds is 15. The maximum absolute atomic E-state index is 13.9. The Bertz CT molecular complexity index is 3270. The summed E-state index contributed by atoms with van der Waals surface area (Å²) in [7, 11) is 0. The van der Waals surface area contributed by atoms with Crippen LogP contribution < -0.4 is 4.90 Å². The van der Waals surface area contributed by atoms with E-state index in [1.165, 1.54) is 0 Å². The molecule has 0 spiro atoms. The normalized spacial score (nSPS) is 11.0. The Hall–Kier alpha value is -8.82. The molecule has 0 saturated heterocycles. The van der Waals surface area contributed by atoms with Gasteiger partial charge < -0.3 is 23.8 Å². The highest BCUT2D eigenvalue weighted by Gasteiger charge is 2.26. The fourth-order valence-corrected chi connectivity index (χ4v) is 9.28. The number of ether oxygens (including phenoxy) is 4. The molecule has 0 atom stereocenters. The number of hydrogen-bond acceptors (Lipinski definition) is 9. The second-order valence-electron chi connectivity index (χ2n) is 17.1. The van der Waals surface area contributed by atoms with Crippen LogP contribution in [0.4, 0.5) is 17.1 Å². The van der Waals surface area contributed by atoms with Gasteiger partial charge in [-0.05, 0) is 161 Å². The van der Waals surface area contributed by atoms with Crippen LogP contribution in [-0.2, 0) is 18.9 Å². The summed E-state index contributed by atoms with van der Waals surface area (Å²) in [5, 5.41) is 3.84. The van der Waals surface area contributed by atoms with Crippen LogP contribution in [0.2, 0.25) is 0 Å². The summed E-state index contributed by atoms with van der Waals surface area (Å²) in [6.07, 6.45) is 0. The zero-order valence-electron chi connectivity index (χ0n) is 40.9. The first kappa shape index (κ1) is 48.2. The van der Waals surface area contributed by atoms with Gasteiger partial charge in [0.05, 0.1) is 48.7 Å². The molecule has 0 aliphatic heterocycles. The molecule has 9 nitrogen and oxygen atoms in total. The van der Waals surface area contributed by atoms with Crippen molar-refractivity contribution in [2.24, 2.45) is 0 Å². The first-order chi connectivity index (χ1) is 35.1. The van der Waals surface area contributed by atoms with E-state index >= 15 is 0 Å². The van der Waals surface area contributed by atoms with E-state index < -0.39 is 23.9 Å². The lowest BCUT2D eigenvalue weighted by Crippen LogP contribution is -2.12. The monoisotopic (exact) mass is 951 g/mol. The number of aryl methyl sites for hydroxylation is 1. The molecule has 0 bridgehead atoms. The minimum atomic E-state index is -0.515. The molecule has 0 heterocycles. The minimum absolute atomic E-state index is 0.165. The summed E-state index contributed by atoms with van der Waals surface area (Å²) in [5.41, 5.74) is 9.98. The number of anilines is 3. The van der Waals surface area contributed by atoms with Crippen molar-refractivity contribution in [3.63, 3.8) is 0 Å². The Balaban J connectivity index is 1.15. The van der Waals surface area contributed by atoms with Gasteiger partial charge in [-0.15, -0.1) is 0 Å². The number of fused-ring (bicyclic) bond motifs is 2. The zero-order valence-corrected chi connectivity index (χ0v) is 40.9. The summed E-state index contributed by atoms with van der Waals surface area (Å²) >= 11 is 0. The summed E-state index contributed by atoms with van der Waals surface area (Å²) < 4.78 is 22.5. The van der Waals surface area contributed by atoms with E-state index in [-0.39, 0.29) is 26.4 Å². The van der Waals surface area contributed by atoms with Crippen LogP contribution in [-0.4, -0.2) is 50.3 Å². The first-order valence-electron chi connectivity index (χ1n) is 24.2. The fourth-order valence-electron chi connectivity index (χ4n) is 9.28. The molecule has 0 aliphatic carbocycles. The van der Waals surface area contributed by atoms with Crippen LogP contribution in [0.3, 0.4) is 0 Å². The molecule has 0 aromatic heterocycles. The fraction of sp³-hybridized carbons (Fsp3) is 0.143. The van der Waals surface area contributed by atoms with Crippen LogP contribution in [0.5, 0.6) is 0 Å². The molecule has 0 radical (unpaired) electrons. The third-order valence-electron chi connectivity index (χ3n) is 12.6. The lowest BCUT2D eigenvalue weighted by molar-refractivity contribution is 0.0513. The third-order valence-corrected chi connectivity index (χ3v) is 12.6. The van der Waals surface area contributed by atoms with Gasteiger partial charge in [-0.3, -0.25) is 0 Å². The Kier molecular flexibility index (Phi) is 14.4. The standard InChI is InChI=1S/C63H53NO8/c1-6-69-60(65)56-38-54(50-22-14-18-41-16-10-12-20-48(41)50)58(62(67)71-8-3)36-52(56)43-26-32-46(33-27-43)64(45-30-24-40(5)25-31-45)47-34-28-44(29-35-47)53-37-59(63(68)72-9-4)55(39-57(53)61(66)70-7-2)51-23-15-19-42-17-11-13-21-49(42)51/h10-39H,6-9H2,1-5H3. The van der Waals surface area contributed by atoms with Gasteiger partial charge in [-0.25, -0.2) is 19.2 Å². The van der Waals surface area contributed by atoms with Crippen LogP contribution in [0.1, 0.15) is 74.7 Å². The molecule has 0 fully saturated rings. The van der Waals surface area contributed by atoms with Crippen LogP contribution in [0.15, 0.2) is 182 Å². The van der Waals surface area contributed by atoms with Crippen molar-refractivity contribution in [2.75, 3.05) is 31.3 Å². The molecule has 9 aromatic carbocycles. The molecule has 0 amide bonds. The van der Waals surface area contributed by atoms with Gasteiger partial charge >= 0.3 is 23.9 Å². The van der Waals surface area contributed by atoms with E-state index in [1.54, 1.807) is 52.0 Å². The molecular weight excluding hydrogens is 899 g/mol. The first-order valence-corrected chi connectivity index (χ1v) is 24.2. The summed E-state index contributed by atoms with van der Waals surface area (Å²) in [5.74, 6) is -2.04. The third kappa shape index (κ3) is 9.69. The van der Waals surface area contributed by atoms with Gasteiger partial charge in [0.1, 0.15) is 0 Å². The minimum Gasteiger partial charge on any atom is -0.462 e. The summed E-state index contributed by atoms with van der Waals surface area (Å²) in [6.45, 7) is 9.77. The van der Waals surface area contributed by atoms with Gasteiger partial charge in [-0.1, -0.05) is 127 Å². The lowest BCUT2D eigenvalue weighted by Gasteiger charge is -2.26. The largest absolute Gasteiger partial charge is 0.462 e. The van der Waals surface area contributed by atoms with Gasteiger partial charge in [0.15, 0.2) is 0 Å². The summed E-state index contributed by atoms with van der Waals surface area (Å²) in [4.78, 5) is 57.6. The van der Waals surface area contributed by atoms with Crippen molar-refractivity contribution >= 4 is 62.5 Å². The van der Waals surface area contributed by atoms with Crippen molar-refractivity contribution in [3.05, 3.63) is 210 Å². The Labute approximate surface area is 419 Å². The lowest BCUT2D eigenvalue weighted by atomic mass is 9.88. The molecule has 0 unspecified atom stereocenters. The van der Waals surface area contributed by atoms with Crippen LogP contribution >= 0.6 is 0 Å². The number of hydrogen-bond donors (Lipinski definition) is 0. The Morgan fingerprint density at radius 2 is 0.653 bits per heavy atom. The average Bonchev–Trinajstić information content (AvgIpc) is 3.41. The van der Waals surface area contributed by atoms with E-state index in [2.05, 4.69) is 4.90 Å². The molecule has 9 rings (SSSR count). The SMILES string of the molecule is CCOC(=O)c1cc(-c2cccc3ccccc23)c(C(=O)OCC)cc1-c1ccc(N(c2ccc(C)cc2)c2ccc(-c3cc(C(=O)OCC)c(-c4cccc5ccccc45)cc3C(=O)OCC)cc2)cc1. The molecule has 358 valence electrons. The number of benzene rings is 9. The predicted molar refractivity (Wildman–Crippen MR) is 286 cm³/mol. The molecule has 0 saturated carbocycles. The predicted octanol–water partition coefficient (Wildman–Crippen LogP) is 15.1. The topological polar surface area (TPSA) is 108 Å². The van der Waals surface area contributed by atoms with Crippen LogP contribution in [0.25, 0.3) is 66.1 Å². The van der Waals surface area contributed by atoms with Crippen molar-refractivity contribution in [1.29, 1.82) is 0 Å². The molecule has 0 aliphatic rings. The molecule has 9 heteroatoms. The second-order valence-corrected chi connectivity index (χ2v) is 17.1. The molecular formula is C63H53NO8.